The van der Waals surface area contributed by atoms with Gasteiger partial charge in [-0.2, -0.15) is 0 Å². The molecule has 130 valence electrons. The second kappa shape index (κ2) is 7.77. The van der Waals surface area contributed by atoms with Crippen molar-refractivity contribution in [2.45, 2.75) is 46.6 Å². The Morgan fingerprint density at radius 1 is 1.30 bits per heavy atom. The summed E-state index contributed by atoms with van der Waals surface area (Å²) in [5.41, 5.74) is -0.713. The summed E-state index contributed by atoms with van der Waals surface area (Å²) in [5, 5.41) is 12.6. The zero-order valence-corrected chi connectivity index (χ0v) is 14.6. The Balaban J connectivity index is 2.87. The molecule has 0 aliphatic heterocycles. The first kappa shape index (κ1) is 19.4. The van der Waals surface area contributed by atoms with Gasteiger partial charge in [0.05, 0.1) is 6.61 Å². The molecule has 0 radical (unpaired) electrons. The van der Waals surface area contributed by atoms with Crippen molar-refractivity contribution in [3.8, 4) is 0 Å². The number of rotatable bonds is 6. The molecule has 0 aromatic heterocycles. The van der Waals surface area contributed by atoms with Crippen LogP contribution >= 0.6 is 0 Å². The first-order chi connectivity index (χ1) is 10.6. The number of carbonyl (C=O) groups excluding carboxylic acids is 1. The predicted octanol–water partition coefficient (Wildman–Crippen LogP) is 3.53. The second-order valence-corrected chi connectivity index (χ2v) is 7.30. The minimum absolute atomic E-state index is 0.0436. The lowest BCUT2D eigenvalue weighted by atomic mass is 9.73. The van der Waals surface area contributed by atoms with Crippen LogP contribution in [0, 0.1) is 17.2 Å². The lowest BCUT2D eigenvalue weighted by Crippen LogP contribution is -2.46. The third kappa shape index (κ3) is 5.82. The number of aliphatic hydroxyl groups is 1. The number of carbonyl (C=O) groups is 1. The highest BCUT2D eigenvalue weighted by atomic mass is 19.1. The zero-order chi connectivity index (χ0) is 17.7. The van der Waals surface area contributed by atoms with Crippen LogP contribution in [0.1, 0.15) is 40.2 Å². The molecular weight excluding hydrogens is 297 g/mol. The van der Waals surface area contributed by atoms with Gasteiger partial charge in [0.25, 0.3) is 0 Å². The van der Waals surface area contributed by atoms with E-state index in [-0.39, 0.29) is 24.9 Å². The van der Waals surface area contributed by atoms with Crippen molar-refractivity contribution in [3.63, 3.8) is 0 Å². The monoisotopic (exact) mass is 325 g/mol. The van der Waals surface area contributed by atoms with Crippen LogP contribution in [0.2, 0.25) is 0 Å². The number of amides is 1. The van der Waals surface area contributed by atoms with Gasteiger partial charge in [0.2, 0.25) is 0 Å². The third-order valence-corrected chi connectivity index (χ3v) is 4.02. The van der Waals surface area contributed by atoms with Gasteiger partial charge < -0.3 is 15.2 Å². The quantitative estimate of drug-likeness (QED) is 0.841. The number of alkyl carbamates (subject to hydrolysis) is 1. The van der Waals surface area contributed by atoms with E-state index in [1.807, 2.05) is 13.8 Å². The van der Waals surface area contributed by atoms with Crippen molar-refractivity contribution in [3.05, 3.63) is 35.6 Å². The standard InChI is InChI=1S/C18H28FNO3/c1-13(2)18(12-21,10-14-8-6-7-9-15(14)19)11-20-16(22)23-17(3,4)5/h6-9,13,21H,10-12H2,1-5H3,(H,20,22). The Hall–Kier alpha value is -1.62. The molecule has 5 heteroatoms. The number of ether oxygens (including phenoxy) is 1. The van der Waals surface area contributed by atoms with E-state index < -0.39 is 17.1 Å². The van der Waals surface area contributed by atoms with Crippen molar-refractivity contribution < 1.29 is 19.0 Å². The van der Waals surface area contributed by atoms with E-state index in [1.54, 1.807) is 39.0 Å². The molecule has 0 fully saturated rings. The Labute approximate surface area is 138 Å². The summed E-state index contributed by atoms with van der Waals surface area (Å²) in [6, 6.07) is 6.50. The highest BCUT2D eigenvalue weighted by molar-refractivity contribution is 5.67. The fourth-order valence-corrected chi connectivity index (χ4v) is 2.35. The number of hydrogen-bond acceptors (Lipinski definition) is 3. The van der Waals surface area contributed by atoms with Crippen LogP contribution in [0.5, 0.6) is 0 Å². The van der Waals surface area contributed by atoms with Crippen LogP contribution in [0.15, 0.2) is 24.3 Å². The molecule has 0 saturated carbocycles. The van der Waals surface area contributed by atoms with Crippen LogP contribution in [-0.2, 0) is 11.2 Å². The van der Waals surface area contributed by atoms with Gasteiger partial charge in [0, 0.05) is 12.0 Å². The lowest BCUT2D eigenvalue weighted by Gasteiger charge is -2.36. The van der Waals surface area contributed by atoms with Crippen molar-refractivity contribution in [1.82, 2.24) is 5.32 Å². The van der Waals surface area contributed by atoms with Crippen molar-refractivity contribution in [2.24, 2.45) is 11.3 Å². The minimum Gasteiger partial charge on any atom is -0.444 e. The first-order valence-corrected chi connectivity index (χ1v) is 7.91. The molecule has 1 aromatic rings. The molecule has 0 spiro atoms. The van der Waals surface area contributed by atoms with Gasteiger partial charge in [0.1, 0.15) is 11.4 Å². The zero-order valence-electron chi connectivity index (χ0n) is 14.6. The fraction of sp³-hybridized carbons (Fsp3) is 0.611. The van der Waals surface area contributed by atoms with Crippen LogP contribution < -0.4 is 5.32 Å². The molecule has 1 rings (SSSR count). The molecule has 1 amide bonds. The van der Waals surface area contributed by atoms with Crippen LogP contribution in [-0.4, -0.2) is 30.0 Å². The summed E-state index contributed by atoms with van der Waals surface area (Å²) in [6.07, 6.45) is -0.201. The average molecular weight is 325 g/mol. The Morgan fingerprint density at radius 3 is 2.39 bits per heavy atom. The smallest absolute Gasteiger partial charge is 0.407 e. The number of benzene rings is 1. The first-order valence-electron chi connectivity index (χ1n) is 7.91. The van der Waals surface area contributed by atoms with E-state index in [2.05, 4.69) is 5.32 Å². The average Bonchev–Trinajstić information content (AvgIpc) is 2.43. The van der Waals surface area contributed by atoms with Crippen molar-refractivity contribution in [1.29, 1.82) is 0 Å². The maximum absolute atomic E-state index is 13.9. The topological polar surface area (TPSA) is 58.6 Å². The molecule has 0 aliphatic rings. The number of halogens is 1. The maximum atomic E-state index is 13.9. The van der Waals surface area contributed by atoms with E-state index in [1.165, 1.54) is 6.07 Å². The van der Waals surface area contributed by atoms with Gasteiger partial charge in [-0.05, 0) is 44.7 Å². The summed E-state index contributed by atoms with van der Waals surface area (Å²) in [4.78, 5) is 11.9. The molecule has 2 N–H and O–H groups in total. The van der Waals surface area contributed by atoms with Crippen LogP contribution in [0.4, 0.5) is 9.18 Å². The van der Waals surface area contributed by atoms with E-state index in [0.29, 0.717) is 12.0 Å². The highest BCUT2D eigenvalue weighted by Gasteiger charge is 2.35. The molecule has 0 heterocycles. The van der Waals surface area contributed by atoms with Crippen LogP contribution in [0.25, 0.3) is 0 Å². The summed E-state index contributed by atoms with van der Waals surface area (Å²) in [7, 11) is 0. The van der Waals surface area contributed by atoms with E-state index in [4.69, 9.17) is 4.74 Å². The summed E-state index contributed by atoms with van der Waals surface area (Å²) >= 11 is 0. The largest absolute Gasteiger partial charge is 0.444 e. The van der Waals surface area contributed by atoms with E-state index >= 15 is 0 Å². The highest BCUT2D eigenvalue weighted by Crippen LogP contribution is 2.32. The molecule has 0 bridgehead atoms. The molecule has 0 saturated heterocycles. The fourth-order valence-electron chi connectivity index (χ4n) is 2.35. The number of aliphatic hydroxyl groups excluding tert-OH is 1. The lowest BCUT2D eigenvalue weighted by molar-refractivity contribution is 0.0392. The summed E-state index contributed by atoms with van der Waals surface area (Å²) < 4.78 is 19.2. The van der Waals surface area contributed by atoms with Gasteiger partial charge in [-0.25, -0.2) is 9.18 Å². The van der Waals surface area contributed by atoms with Gasteiger partial charge in [-0.3, -0.25) is 0 Å². The molecule has 1 unspecified atom stereocenters. The van der Waals surface area contributed by atoms with Crippen LogP contribution in [0.3, 0.4) is 0 Å². The minimum atomic E-state index is -0.654. The number of nitrogens with one attached hydrogen (secondary N) is 1. The molecular formula is C18H28FNO3. The Morgan fingerprint density at radius 2 is 1.91 bits per heavy atom. The SMILES string of the molecule is CC(C)C(CO)(CNC(=O)OC(C)(C)C)Cc1ccccc1F. The molecule has 1 atom stereocenters. The van der Waals surface area contributed by atoms with Gasteiger partial charge >= 0.3 is 6.09 Å². The van der Waals surface area contributed by atoms with Gasteiger partial charge in [0.15, 0.2) is 0 Å². The Kier molecular flexibility index (Phi) is 6.57. The Bertz CT molecular complexity index is 525. The van der Waals surface area contributed by atoms with E-state index in [9.17, 15) is 14.3 Å². The van der Waals surface area contributed by atoms with E-state index in [0.717, 1.165) is 0 Å². The molecule has 0 aliphatic carbocycles. The van der Waals surface area contributed by atoms with Crippen molar-refractivity contribution in [2.75, 3.05) is 13.2 Å². The second-order valence-electron chi connectivity index (χ2n) is 7.30. The molecule has 4 nitrogen and oxygen atoms in total. The van der Waals surface area contributed by atoms with Crippen molar-refractivity contribution >= 4 is 6.09 Å². The normalized spacial score (nSPS) is 14.4. The summed E-state index contributed by atoms with van der Waals surface area (Å²) in [5.74, 6) is -0.259. The molecule has 23 heavy (non-hydrogen) atoms. The van der Waals surface area contributed by atoms with Gasteiger partial charge in [-0.1, -0.05) is 32.0 Å². The molecule has 1 aromatic carbocycles. The number of hydrogen-bond donors (Lipinski definition) is 2. The summed E-state index contributed by atoms with van der Waals surface area (Å²) in [6.45, 7) is 9.32. The predicted molar refractivity (Wildman–Crippen MR) is 88.7 cm³/mol. The third-order valence-electron chi connectivity index (χ3n) is 4.02. The van der Waals surface area contributed by atoms with Gasteiger partial charge in [-0.15, -0.1) is 0 Å². The maximum Gasteiger partial charge on any atom is 0.407 e.